The zero-order valence-corrected chi connectivity index (χ0v) is 4.55. The largest absolute Gasteiger partial charge is 2.00 e. The Morgan fingerprint density at radius 2 is 1.29 bits per heavy atom. The maximum Gasteiger partial charge on any atom is 0.0172 e. The molecule has 0 amide bonds. The summed E-state index contributed by atoms with van der Waals surface area (Å²) >= 11 is 0. The average molecular weight is 120 g/mol. The van der Waals surface area contributed by atoms with E-state index in [1.54, 1.807) is 0 Å². The molecule has 0 aliphatic heterocycles. The first-order chi connectivity index (χ1) is 2.73. The van der Waals surface area contributed by atoms with Gasteiger partial charge < -0.3 is 19.5 Å². The van der Waals surface area contributed by atoms with Crippen LogP contribution in [0.5, 0.6) is 0 Å². The molecule has 0 spiro atoms. The van der Waals surface area contributed by atoms with Crippen LogP contribution in [0.3, 0.4) is 0 Å². The summed E-state index contributed by atoms with van der Waals surface area (Å²) in [5.41, 5.74) is 0. The Kier molecular flexibility index (Phi) is 42.8. The van der Waals surface area contributed by atoms with Gasteiger partial charge in [-0.15, -0.1) is 13.2 Å². The summed E-state index contributed by atoms with van der Waals surface area (Å²) in [4.78, 5) is 17.0. The molecule has 0 N–H and O–H groups in total. The highest BCUT2D eigenvalue weighted by Gasteiger charge is 1.29. The van der Waals surface area contributed by atoms with Crippen LogP contribution in [0.15, 0.2) is 13.2 Å². The van der Waals surface area contributed by atoms with Gasteiger partial charge in [0.1, 0.15) is 0 Å². The highest BCUT2D eigenvalue weighted by molar-refractivity contribution is 6.17. The van der Waals surface area contributed by atoms with Gasteiger partial charge in [0.25, 0.3) is 0 Å². The Hall–Kier alpha value is -0.683. The monoisotopic (exact) mass is 120 g/mol. The minimum Gasteiger partial charge on any atom is -2.00 e. The number of rotatable bonds is 0. The lowest BCUT2D eigenvalue weighted by atomic mass is 11.3. The quantitative estimate of drug-likeness (QED) is 0.268. The third kappa shape index (κ3) is 125. The summed E-state index contributed by atoms with van der Waals surface area (Å²) in [5, 5.41) is 0. The Morgan fingerprint density at radius 1 is 1.29 bits per heavy atom. The van der Waals surface area contributed by atoms with Gasteiger partial charge in [-0.05, 0) is 0 Å². The molecule has 0 bridgehead atoms. The van der Waals surface area contributed by atoms with E-state index in [-0.39, 0.29) is 5.48 Å². The summed E-state index contributed by atoms with van der Waals surface area (Å²) in [6.45, 7) is 6.00. The van der Waals surface area contributed by atoms with Crippen molar-refractivity contribution in [2.24, 2.45) is 0 Å². The number of hydrogen-bond acceptors (Lipinski definition) is 3. The minimum absolute atomic E-state index is 0. The van der Waals surface area contributed by atoms with Gasteiger partial charge in [-0.3, -0.25) is 0 Å². The second-order valence-electron chi connectivity index (χ2n) is 0.250. The fraction of sp³-hybridized carbons (Fsp3) is 0. The first kappa shape index (κ1) is 16.2. The Labute approximate surface area is 42.9 Å². The second-order valence-corrected chi connectivity index (χ2v) is 0.750. The lowest BCUT2D eigenvalue weighted by Crippen LogP contribution is -2.34. The van der Waals surface area contributed by atoms with E-state index in [2.05, 4.69) is 13.2 Å². The zero-order chi connectivity index (χ0) is 5.58. The maximum atomic E-state index is 8.52. The molecule has 7 heavy (non-hydrogen) atoms. The van der Waals surface area contributed by atoms with Crippen LogP contribution in [-0.2, 0) is 9.94 Å². The van der Waals surface area contributed by atoms with Gasteiger partial charge in [-0.2, -0.15) is 0 Å². The lowest BCUT2D eigenvalue weighted by Gasteiger charge is -2.00. The molecule has 0 heterocycles. The maximum absolute atomic E-state index is 8.52. The molecule has 0 aliphatic rings. The van der Waals surface area contributed by atoms with Crippen molar-refractivity contribution in [3.05, 3.63) is 13.2 Å². The fourth-order valence-electron chi connectivity index (χ4n) is 0. The molecule has 0 saturated carbocycles. The van der Waals surface area contributed by atoms with E-state index in [0.29, 0.717) is 0 Å². The van der Waals surface area contributed by atoms with Gasteiger partial charge in [0.15, 0.2) is 0 Å². The van der Waals surface area contributed by atoms with Crippen molar-refractivity contribution in [1.82, 2.24) is 0 Å². The van der Waals surface area contributed by atoms with E-state index in [4.69, 9.17) is 14.1 Å². The molecular formula is C2H4O4Si-4. The normalized spacial score (nSPS) is 4.00. The molecule has 0 saturated heterocycles. The molecule has 0 atom stereocenters. The number of hydrogen-bond donors (Lipinski definition) is 0. The van der Waals surface area contributed by atoms with E-state index in [9.17, 15) is 0 Å². The van der Waals surface area contributed by atoms with Crippen LogP contribution in [0.1, 0.15) is 0 Å². The predicted octanol–water partition coefficient (Wildman–Crippen LogP) is -2.19. The van der Waals surface area contributed by atoms with Crippen molar-refractivity contribution in [3.8, 4) is 0 Å². The van der Waals surface area contributed by atoms with Crippen molar-refractivity contribution in [1.29, 1.82) is 0 Å². The predicted molar refractivity (Wildman–Crippen MR) is 18.4 cm³/mol. The minimum atomic E-state index is -3.63. The van der Waals surface area contributed by atoms with Gasteiger partial charge in [0, 0.05) is 9.17 Å². The zero-order valence-electron chi connectivity index (χ0n) is 3.55. The van der Waals surface area contributed by atoms with Crippen molar-refractivity contribution in [2.75, 3.05) is 0 Å². The summed E-state index contributed by atoms with van der Waals surface area (Å²) < 4.78 is 8.52. The van der Waals surface area contributed by atoms with Gasteiger partial charge in [0.05, 0.1) is 0 Å². The standard InChI is InChI=1S/C2H4.O3Si.O/c1-2;1-4(2)3;/h1-2H2;;/q;2*-2. The van der Waals surface area contributed by atoms with Crippen LogP contribution in [0.2, 0.25) is 0 Å². The Bertz CT molecular complexity index is 41.0. The average Bonchev–Trinajstić information content (AvgIpc) is 1.41. The van der Waals surface area contributed by atoms with Crippen LogP contribution >= 0.6 is 0 Å². The van der Waals surface area contributed by atoms with Gasteiger partial charge in [-0.1, -0.05) is 0 Å². The van der Waals surface area contributed by atoms with Gasteiger partial charge in [0.2, 0.25) is 0 Å². The summed E-state index contributed by atoms with van der Waals surface area (Å²) in [5.74, 6) is 0. The van der Waals surface area contributed by atoms with Crippen LogP contribution in [0.4, 0.5) is 0 Å². The molecule has 0 rings (SSSR count). The van der Waals surface area contributed by atoms with Crippen molar-refractivity contribution in [3.63, 3.8) is 0 Å². The molecule has 5 heteroatoms. The summed E-state index contributed by atoms with van der Waals surface area (Å²) in [6.07, 6.45) is 0. The molecule has 0 unspecified atom stereocenters. The van der Waals surface area contributed by atoms with E-state index < -0.39 is 9.17 Å². The summed E-state index contributed by atoms with van der Waals surface area (Å²) in [6, 6.07) is 0. The van der Waals surface area contributed by atoms with Crippen LogP contribution in [-0.4, -0.2) is 9.17 Å². The lowest BCUT2D eigenvalue weighted by molar-refractivity contribution is -0.354. The Morgan fingerprint density at radius 3 is 1.29 bits per heavy atom. The van der Waals surface area contributed by atoms with Gasteiger partial charge in [-0.25, -0.2) is 0 Å². The van der Waals surface area contributed by atoms with Crippen molar-refractivity contribution < 1.29 is 19.5 Å². The van der Waals surface area contributed by atoms with Crippen LogP contribution < -0.4 is 9.59 Å². The van der Waals surface area contributed by atoms with Gasteiger partial charge >= 0.3 is 0 Å². The molecule has 0 aromatic carbocycles. The van der Waals surface area contributed by atoms with E-state index in [1.165, 1.54) is 0 Å². The molecule has 0 radical (unpaired) electrons. The summed E-state index contributed by atoms with van der Waals surface area (Å²) in [7, 11) is -3.63. The molecule has 0 aromatic heterocycles. The third-order valence-electron chi connectivity index (χ3n) is 0. The molecule has 0 aliphatic carbocycles. The SMILES string of the molecule is C=C.O=[Si]([O-])[O-].[O-2]. The van der Waals surface area contributed by atoms with Crippen molar-refractivity contribution in [2.45, 2.75) is 0 Å². The van der Waals surface area contributed by atoms with Crippen molar-refractivity contribution >= 4 is 9.17 Å². The highest BCUT2D eigenvalue weighted by Crippen LogP contribution is 0.990. The smallest absolute Gasteiger partial charge is 0.0172 e. The highest BCUT2D eigenvalue weighted by atomic mass is 28.3. The second kappa shape index (κ2) is 18.5. The molecule has 0 aromatic rings. The topological polar surface area (TPSA) is 91.7 Å². The van der Waals surface area contributed by atoms with E-state index in [1.807, 2.05) is 0 Å². The van der Waals surface area contributed by atoms with Crippen LogP contribution in [0, 0.1) is 0 Å². The third-order valence-corrected chi connectivity index (χ3v) is 0. The fourth-order valence-corrected chi connectivity index (χ4v) is 0. The van der Waals surface area contributed by atoms with Crippen LogP contribution in [0.25, 0.3) is 0 Å². The first-order valence-corrected chi connectivity index (χ1v) is 2.34. The van der Waals surface area contributed by atoms with E-state index in [0.717, 1.165) is 0 Å². The van der Waals surface area contributed by atoms with E-state index >= 15 is 0 Å². The molecule has 44 valence electrons. The molecular weight excluding hydrogens is 116 g/mol. The Balaban J connectivity index is -0.0000000480. The molecule has 0 fully saturated rings. The molecule has 4 nitrogen and oxygen atoms in total. The first-order valence-electron chi connectivity index (χ1n) is 1.11.